The number of rotatable bonds is 5. The number of anilines is 1. The Balaban J connectivity index is 1.43. The van der Waals surface area contributed by atoms with Gasteiger partial charge in [-0.25, -0.2) is 9.69 Å². The molecule has 0 aliphatic carbocycles. The molecular formula is C28H19ClN2O5. The Labute approximate surface area is 211 Å². The number of nitrogens with zero attached hydrogens (tertiary/aromatic N) is 2. The van der Waals surface area contributed by atoms with Gasteiger partial charge in [0.05, 0.1) is 33.6 Å². The zero-order valence-electron chi connectivity index (χ0n) is 19.4. The minimum absolute atomic E-state index is 0.107. The normalized spacial score (nSPS) is 12.7. The fourth-order valence-electron chi connectivity index (χ4n) is 4.26. The van der Waals surface area contributed by atoms with Crippen LogP contribution in [0.25, 0.3) is 10.9 Å². The third-order valence-electron chi connectivity index (χ3n) is 6.09. The summed E-state index contributed by atoms with van der Waals surface area (Å²) in [5, 5.41) is 1.08. The fourth-order valence-corrected chi connectivity index (χ4v) is 4.39. The molecule has 1 aliphatic rings. The number of para-hydroxylation sites is 1. The van der Waals surface area contributed by atoms with E-state index in [4.69, 9.17) is 16.3 Å². The quantitative estimate of drug-likeness (QED) is 0.209. The van der Waals surface area contributed by atoms with Gasteiger partial charge < -0.3 is 4.74 Å². The first kappa shape index (κ1) is 23.4. The van der Waals surface area contributed by atoms with Crippen LogP contribution in [0, 0.1) is 13.8 Å². The molecule has 0 bridgehead atoms. The van der Waals surface area contributed by atoms with Crippen molar-refractivity contribution in [3.8, 4) is 0 Å². The van der Waals surface area contributed by atoms with Gasteiger partial charge in [-0.05, 0) is 61.9 Å². The van der Waals surface area contributed by atoms with Crippen LogP contribution in [0.1, 0.15) is 52.7 Å². The lowest BCUT2D eigenvalue weighted by Gasteiger charge is -2.17. The number of pyridine rings is 1. The van der Waals surface area contributed by atoms with Crippen molar-refractivity contribution in [2.45, 2.75) is 13.8 Å². The first-order valence-electron chi connectivity index (χ1n) is 11.1. The molecule has 0 unspecified atom stereocenters. The molecule has 0 radical (unpaired) electrons. The maximum atomic E-state index is 13.5. The van der Waals surface area contributed by atoms with E-state index in [2.05, 4.69) is 4.98 Å². The summed E-state index contributed by atoms with van der Waals surface area (Å²) in [5.41, 5.74) is 2.98. The van der Waals surface area contributed by atoms with Crippen molar-refractivity contribution in [3.63, 3.8) is 0 Å². The van der Waals surface area contributed by atoms with E-state index >= 15 is 0 Å². The summed E-state index contributed by atoms with van der Waals surface area (Å²) in [6, 6.07) is 18.0. The number of aryl methyl sites for hydroxylation is 2. The molecule has 0 N–H and O–H groups in total. The number of carbonyl (C=O) groups excluding carboxylic acids is 4. The number of Topliss-reactive ketones (excluding diaryl/α,β-unsaturated/α-hetero) is 1. The van der Waals surface area contributed by atoms with E-state index in [1.165, 1.54) is 12.1 Å². The van der Waals surface area contributed by atoms with Gasteiger partial charge in [0, 0.05) is 16.0 Å². The summed E-state index contributed by atoms with van der Waals surface area (Å²) in [6.07, 6.45) is 0. The average molecular weight is 499 g/mol. The maximum absolute atomic E-state index is 13.5. The third-order valence-corrected chi connectivity index (χ3v) is 6.35. The second-order valence-corrected chi connectivity index (χ2v) is 8.85. The summed E-state index contributed by atoms with van der Waals surface area (Å²) in [7, 11) is 0. The molecule has 1 aliphatic heterocycles. The van der Waals surface area contributed by atoms with Gasteiger partial charge in [0.2, 0.25) is 0 Å². The lowest BCUT2D eigenvalue weighted by atomic mass is 10.0. The van der Waals surface area contributed by atoms with Gasteiger partial charge in [0.1, 0.15) is 0 Å². The Hall–Kier alpha value is -4.36. The molecule has 2 heterocycles. The van der Waals surface area contributed by atoms with E-state index in [-0.39, 0.29) is 22.6 Å². The number of amides is 2. The Morgan fingerprint density at radius 2 is 1.56 bits per heavy atom. The highest BCUT2D eigenvalue weighted by atomic mass is 35.5. The second-order valence-electron chi connectivity index (χ2n) is 8.42. The molecule has 3 aromatic carbocycles. The number of halogens is 1. The van der Waals surface area contributed by atoms with E-state index in [0.29, 0.717) is 38.3 Å². The highest BCUT2D eigenvalue weighted by Gasteiger charge is 2.40. The molecule has 36 heavy (non-hydrogen) atoms. The van der Waals surface area contributed by atoms with Gasteiger partial charge in [-0.2, -0.15) is 0 Å². The largest absolute Gasteiger partial charge is 0.454 e. The van der Waals surface area contributed by atoms with Crippen molar-refractivity contribution >= 4 is 51.8 Å². The van der Waals surface area contributed by atoms with Crippen molar-refractivity contribution in [2.75, 3.05) is 11.5 Å². The minimum Gasteiger partial charge on any atom is -0.454 e. The van der Waals surface area contributed by atoms with E-state index in [9.17, 15) is 19.2 Å². The Kier molecular flexibility index (Phi) is 5.86. The molecule has 0 fully saturated rings. The van der Waals surface area contributed by atoms with Crippen LogP contribution in [0.4, 0.5) is 5.69 Å². The molecular weight excluding hydrogens is 480 g/mol. The zero-order chi connectivity index (χ0) is 25.6. The number of ketones is 1. The molecule has 0 saturated carbocycles. The topological polar surface area (TPSA) is 93.6 Å². The molecule has 0 saturated heterocycles. The maximum Gasteiger partial charge on any atom is 0.338 e. The van der Waals surface area contributed by atoms with Crippen molar-refractivity contribution in [2.24, 2.45) is 0 Å². The standard InChI is InChI=1S/C28H19ClN2O5/c1-15-7-8-18(28(35)36-14-23(32)17-9-11-19(29)12-10-17)13-22(15)31-26(33)24-16(2)30-21-6-4-3-5-20(21)25(24)27(31)34/h3-13H,14H2,1-2H3. The molecule has 5 rings (SSSR count). The van der Waals surface area contributed by atoms with Gasteiger partial charge >= 0.3 is 5.97 Å². The highest BCUT2D eigenvalue weighted by Crippen LogP contribution is 2.36. The SMILES string of the molecule is Cc1ccc(C(=O)OCC(=O)c2ccc(Cl)cc2)cc1N1C(=O)c2c(C)nc3ccccc3c2C1=O. The number of imide groups is 1. The van der Waals surface area contributed by atoms with E-state index in [0.717, 1.165) is 4.90 Å². The van der Waals surface area contributed by atoms with Crippen LogP contribution in [-0.4, -0.2) is 35.2 Å². The van der Waals surface area contributed by atoms with Crippen LogP contribution in [0.5, 0.6) is 0 Å². The molecule has 8 heteroatoms. The highest BCUT2D eigenvalue weighted by molar-refractivity contribution is 6.38. The van der Waals surface area contributed by atoms with Crippen molar-refractivity contribution < 1.29 is 23.9 Å². The fraction of sp³-hybridized carbons (Fsp3) is 0.107. The smallest absolute Gasteiger partial charge is 0.338 e. The molecule has 7 nitrogen and oxygen atoms in total. The van der Waals surface area contributed by atoms with Gasteiger partial charge in [-0.3, -0.25) is 19.4 Å². The Morgan fingerprint density at radius 1 is 0.889 bits per heavy atom. The number of hydrogen-bond acceptors (Lipinski definition) is 6. The van der Waals surface area contributed by atoms with Crippen molar-refractivity contribution in [1.82, 2.24) is 4.98 Å². The minimum atomic E-state index is -0.751. The number of aromatic nitrogens is 1. The number of fused-ring (bicyclic) bond motifs is 3. The second kappa shape index (κ2) is 9.02. The lowest BCUT2D eigenvalue weighted by Crippen LogP contribution is -2.30. The van der Waals surface area contributed by atoms with Gasteiger partial charge in [-0.1, -0.05) is 35.9 Å². The third kappa shape index (κ3) is 3.93. The van der Waals surface area contributed by atoms with Crippen LogP contribution in [0.2, 0.25) is 5.02 Å². The first-order chi connectivity index (χ1) is 17.3. The van der Waals surface area contributed by atoms with Crippen LogP contribution >= 0.6 is 11.6 Å². The van der Waals surface area contributed by atoms with E-state index < -0.39 is 24.4 Å². The summed E-state index contributed by atoms with van der Waals surface area (Å²) in [5.74, 6) is -2.12. The number of benzene rings is 3. The molecule has 2 amide bonds. The van der Waals surface area contributed by atoms with Gasteiger partial charge in [-0.15, -0.1) is 0 Å². The monoisotopic (exact) mass is 498 g/mol. The van der Waals surface area contributed by atoms with E-state index in [1.807, 2.05) is 6.07 Å². The summed E-state index contributed by atoms with van der Waals surface area (Å²) >= 11 is 5.84. The average Bonchev–Trinajstić information content (AvgIpc) is 3.14. The van der Waals surface area contributed by atoms with E-state index in [1.54, 1.807) is 62.4 Å². The molecule has 4 aromatic rings. The summed E-state index contributed by atoms with van der Waals surface area (Å²) < 4.78 is 5.20. The predicted octanol–water partition coefficient (Wildman–Crippen LogP) is 5.35. The summed E-state index contributed by atoms with van der Waals surface area (Å²) in [6.45, 7) is 2.97. The molecule has 0 atom stereocenters. The number of hydrogen-bond donors (Lipinski definition) is 0. The van der Waals surface area contributed by atoms with Gasteiger partial charge in [0.25, 0.3) is 11.8 Å². The zero-order valence-corrected chi connectivity index (χ0v) is 20.1. The Bertz CT molecular complexity index is 1590. The van der Waals surface area contributed by atoms with Crippen LogP contribution < -0.4 is 4.90 Å². The Morgan fingerprint density at radius 3 is 2.31 bits per heavy atom. The first-order valence-corrected chi connectivity index (χ1v) is 11.5. The summed E-state index contributed by atoms with van der Waals surface area (Å²) in [4.78, 5) is 57.5. The van der Waals surface area contributed by atoms with Crippen LogP contribution in [-0.2, 0) is 4.74 Å². The van der Waals surface area contributed by atoms with Crippen molar-refractivity contribution in [1.29, 1.82) is 0 Å². The molecule has 0 spiro atoms. The van der Waals surface area contributed by atoms with Crippen molar-refractivity contribution in [3.05, 3.63) is 105 Å². The molecule has 178 valence electrons. The number of ether oxygens (including phenoxy) is 1. The lowest BCUT2D eigenvalue weighted by molar-refractivity contribution is 0.0474. The van der Waals surface area contributed by atoms with Crippen LogP contribution in [0.15, 0.2) is 66.7 Å². The number of carbonyl (C=O) groups is 4. The van der Waals surface area contributed by atoms with Gasteiger partial charge in [0.15, 0.2) is 12.4 Å². The van der Waals surface area contributed by atoms with Crippen LogP contribution in [0.3, 0.4) is 0 Å². The number of esters is 1. The molecule has 1 aromatic heterocycles. The predicted molar refractivity (Wildman–Crippen MR) is 135 cm³/mol.